The van der Waals surface area contributed by atoms with Gasteiger partial charge >= 0.3 is 0 Å². The van der Waals surface area contributed by atoms with Gasteiger partial charge in [-0.15, -0.1) is 0 Å². The lowest BCUT2D eigenvalue weighted by Crippen LogP contribution is -2.13. The van der Waals surface area contributed by atoms with Crippen LogP contribution in [0.4, 0.5) is 5.69 Å². The Morgan fingerprint density at radius 3 is 2.93 bits per heavy atom. The number of nitriles is 1. The molecule has 0 saturated carbocycles. The second-order valence-electron chi connectivity index (χ2n) is 3.46. The molecule has 0 fully saturated rings. The summed E-state index contributed by atoms with van der Waals surface area (Å²) in [5.74, 6) is 0. The van der Waals surface area contributed by atoms with Crippen LogP contribution in [0.15, 0.2) is 24.3 Å². The van der Waals surface area contributed by atoms with E-state index in [1.165, 1.54) is 5.56 Å². The first-order chi connectivity index (χ1) is 6.76. The fraction of sp³-hybridized carbons (Fsp3) is 0.417. The van der Waals surface area contributed by atoms with E-state index < -0.39 is 0 Å². The highest BCUT2D eigenvalue weighted by Gasteiger charge is 2.00. The van der Waals surface area contributed by atoms with Crippen molar-refractivity contribution in [1.82, 2.24) is 0 Å². The van der Waals surface area contributed by atoms with Gasteiger partial charge in [-0.1, -0.05) is 19.1 Å². The molecule has 0 heterocycles. The standard InChI is InChI=1S/C12H16N2/c1-3-11-5-4-6-12(9-11)14-10(2)7-8-13/h4-6,9-10,14H,3,7H2,1-2H3. The summed E-state index contributed by atoms with van der Waals surface area (Å²) in [5.41, 5.74) is 2.42. The third-order valence-electron chi connectivity index (χ3n) is 2.15. The van der Waals surface area contributed by atoms with E-state index in [4.69, 9.17) is 5.26 Å². The van der Waals surface area contributed by atoms with Crippen molar-refractivity contribution < 1.29 is 0 Å². The zero-order valence-corrected chi connectivity index (χ0v) is 8.75. The van der Waals surface area contributed by atoms with Gasteiger partial charge in [0.05, 0.1) is 12.5 Å². The summed E-state index contributed by atoms with van der Waals surface area (Å²) < 4.78 is 0. The summed E-state index contributed by atoms with van der Waals surface area (Å²) in [5, 5.41) is 11.8. The van der Waals surface area contributed by atoms with Crippen molar-refractivity contribution in [2.75, 3.05) is 5.32 Å². The maximum Gasteiger partial charge on any atom is 0.0643 e. The molecule has 0 amide bonds. The zero-order valence-electron chi connectivity index (χ0n) is 8.75. The molecule has 0 aliphatic heterocycles. The number of nitrogens with zero attached hydrogens (tertiary/aromatic N) is 1. The molecular formula is C12H16N2. The monoisotopic (exact) mass is 188 g/mol. The highest BCUT2D eigenvalue weighted by molar-refractivity contribution is 5.46. The van der Waals surface area contributed by atoms with Crippen LogP contribution in [-0.2, 0) is 6.42 Å². The SMILES string of the molecule is CCc1cccc(NC(C)CC#N)c1. The van der Waals surface area contributed by atoms with Gasteiger partial charge in [-0.3, -0.25) is 0 Å². The summed E-state index contributed by atoms with van der Waals surface area (Å²) in [6.45, 7) is 4.15. The molecule has 1 atom stereocenters. The molecule has 0 radical (unpaired) electrons. The molecule has 0 saturated heterocycles. The summed E-state index contributed by atoms with van der Waals surface area (Å²) in [6, 6.07) is 10.7. The van der Waals surface area contributed by atoms with E-state index in [1.54, 1.807) is 0 Å². The molecular weight excluding hydrogens is 172 g/mol. The van der Waals surface area contributed by atoms with Gasteiger partial charge in [0.1, 0.15) is 0 Å². The van der Waals surface area contributed by atoms with Gasteiger partial charge in [0.25, 0.3) is 0 Å². The Kier molecular flexibility index (Phi) is 4.00. The second-order valence-corrected chi connectivity index (χ2v) is 3.46. The van der Waals surface area contributed by atoms with Crippen molar-refractivity contribution in [2.45, 2.75) is 32.7 Å². The molecule has 0 spiro atoms. The predicted octanol–water partition coefficient (Wildman–Crippen LogP) is 2.96. The maximum atomic E-state index is 8.53. The van der Waals surface area contributed by atoms with Gasteiger partial charge in [-0.05, 0) is 31.0 Å². The van der Waals surface area contributed by atoms with E-state index in [-0.39, 0.29) is 6.04 Å². The molecule has 1 rings (SSSR count). The molecule has 2 heteroatoms. The van der Waals surface area contributed by atoms with E-state index in [0.717, 1.165) is 12.1 Å². The van der Waals surface area contributed by atoms with Gasteiger partial charge in [-0.25, -0.2) is 0 Å². The lowest BCUT2D eigenvalue weighted by molar-refractivity contribution is 0.821. The highest BCUT2D eigenvalue weighted by atomic mass is 14.9. The zero-order chi connectivity index (χ0) is 10.4. The van der Waals surface area contributed by atoms with Crippen LogP contribution >= 0.6 is 0 Å². The predicted molar refractivity (Wildman–Crippen MR) is 59.1 cm³/mol. The van der Waals surface area contributed by atoms with Crippen molar-refractivity contribution in [3.8, 4) is 6.07 Å². The van der Waals surface area contributed by atoms with Crippen LogP contribution in [0, 0.1) is 11.3 Å². The largest absolute Gasteiger partial charge is 0.382 e. The van der Waals surface area contributed by atoms with Crippen LogP contribution in [0.1, 0.15) is 25.8 Å². The van der Waals surface area contributed by atoms with Crippen LogP contribution in [0.3, 0.4) is 0 Å². The van der Waals surface area contributed by atoms with E-state index in [2.05, 4.69) is 30.4 Å². The number of anilines is 1. The van der Waals surface area contributed by atoms with Gasteiger partial charge in [-0.2, -0.15) is 5.26 Å². The third kappa shape index (κ3) is 3.10. The Bertz CT molecular complexity index is 325. The quantitative estimate of drug-likeness (QED) is 0.788. The van der Waals surface area contributed by atoms with Gasteiger partial charge in [0.2, 0.25) is 0 Å². The Morgan fingerprint density at radius 2 is 2.29 bits per heavy atom. The van der Waals surface area contributed by atoms with E-state index in [0.29, 0.717) is 6.42 Å². The van der Waals surface area contributed by atoms with Gasteiger partial charge < -0.3 is 5.32 Å². The summed E-state index contributed by atoms with van der Waals surface area (Å²) in [6.07, 6.45) is 1.58. The van der Waals surface area contributed by atoms with Crippen molar-refractivity contribution in [3.05, 3.63) is 29.8 Å². The van der Waals surface area contributed by atoms with Crippen LogP contribution in [0.2, 0.25) is 0 Å². The highest BCUT2D eigenvalue weighted by Crippen LogP contribution is 2.12. The minimum atomic E-state index is 0.215. The Hall–Kier alpha value is -1.49. The van der Waals surface area contributed by atoms with Crippen LogP contribution in [0.25, 0.3) is 0 Å². The molecule has 1 N–H and O–H groups in total. The topological polar surface area (TPSA) is 35.8 Å². The Labute approximate surface area is 85.6 Å². The second kappa shape index (κ2) is 5.29. The van der Waals surface area contributed by atoms with Gasteiger partial charge in [0.15, 0.2) is 0 Å². The Morgan fingerprint density at radius 1 is 1.50 bits per heavy atom. The van der Waals surface area contributed by atoms with Crippen molar-refractivity contribution in [3.63, 3.8) is 0 Å². The maximum absolute atomic E-state index is 8.53. The lowest BCUT2D eigenvalue weighted by atomic mass is 10.1. The first-order valence-corrected chi connectivity index (χ1v) is 4.98. The molecule has 0 bridgehead atoms. The summed E-state index contributed by atoms with van der Waals surface area (Å²) in [7, 11) is 0. The molecule has 0 aromatic heterocycles. The van der Waals surface area contributed by atoms with E-state index in [1.807, 2.05) is 19.1 Å². The molecule has 1 aromatic carbocycles. The normalized spacial score (nSPS) is 11.8. The third-order valence-corrected chi connectivity index (χ3v) is 2.15. The van der Waals surface area contributed by atoms with Crippen LogP contribution in [-0.4, -0.2) is 6.04 Å². The number of rotatable bonds is 4. The van der Waals surface area contributed by atoms with Crippen LogP contribution < -0.4 is 5.32 Å². The minimum Gasteiger partial charge on any atom is -0.382 e. The molecule has 74 valence electrons. The fourth-order valence-electron chi connectivity index (χ4n) is 1.35. The minimum absolute atomic E-state index is 0.215. The number of hydrogen-bond donors (Lipinski definition) is 1. The van der Waals surface area contributed by atoms with Crippen LogP contribution in [0.5, 0.6) is 0 Å². The lowest BCUT2D eigenvalue weighted by Gasteiger charge is -2.12. The molecule has 0 aliphatic rings. The van der Waals surface area contributed by atoms with Crippen molar-refractivity contribution in [1.29, 1.82) is 5.26 Å². The number of nitrogens with one attached hydrogen (secondary N) is 1. The van der Waals surface area contributed by atoms with E-state index in [9.17, 15) is 0 Å². The smallest absolute Gasteiger partial charge is 0.0643 e. The average Bonchev–Trinajstić information content (AvgIpc) is 2.18. The number of benzene rings is 1. The van der Waals surface area contributed by atoms with Crippen molar-refractivity contribution in [2.24, 2.45) is 0 Å². The molecule has 1 aromatic rings. The van der Waals surface area contributed by atoms with E-state index >= 15 is 0 Å². The van der Waals surface area contributed by atoms with Gasteiger partial charge in [0, 0.05) is 11.7 Å². The first kappa shape index (κ1) is 10.6. The average molecular weight is 188 g/mol. The Balaban J connectivity index is 2.63. The molecule has 2 nitrogen and oxygen atoms in total. The molecule has 14 heavy (non-hydrogen) atoms. The number of hydrogen-bond acceptors (Lipinski definition) is 2. The number of aryl methyl sites for hydroxylation is 1. The summed E-state index contributed by atoms with van der Waals surface area (Å²) >= 11 is 0. The summed E-state index contributed by atoms with van der Waals surface area (Å²) in [4.78, 5) is 0. The molecule has 1 unspecified atom stereocenters. The first-order valence-electron chi connectivity index (χ1n) is 4.98. The fourth-order valence-corrected chi connectivity index (χ4v) is 1.35. The van der Waals surface area contributed by atoms with Crippen molar-refractivity contribution >= 4 is 5.69 Å². The molecule has 0 aliphatic carbocycles.